The van der Waals surface area contributed by atoms with Gasteiger partial charge in [-0.15, -0.1) is 0 Å². The van der Waals surface area contributed by atoms with Gasteiger partial charge >= 0.3 is 0 Å². The third-order valence-corrected chi connectivity index (χ3v) is 3.44. The maximum Gasteiger partial charge on any atom is 0.0721 e. The molecule has 17 heavy (non-hydrogen) atoms. The van der Waals surface area contributed by atoms with Crippen LogP contribution in [0.4, 0.5) is 0 Å². The number of nitrogens with zero attached hydrogens (tertiary/aromatic N) is 1. The van der Waals surface area contributed by atoms with Crippen LogP contribution in [-0.2, 0) is 0 Å². The van der Waals surface area contributed by atoms with Crippen molar-refractivity contribution in [1.82, 2.24) is 4.98 Å². The van der Waals surface area contributed by atoms with E-state index in [1.165, 1.54) is 5.39 Å². The summed E-state index contributed by atoms with van der Waals surface area (Å²) in [6.45, 7) is 0. The number of pyridine rings is 1. The Kier molecular flexibility index (Phi) is 2.65. The van der Waals surface area contributed by atoms with Gasteiger partial charge < -0.3 is 0 Å². The van der Waals surface area contributed by atoms with Crippen molar-refractivity contribution in [1.29, 1.82) is 0 Å². The zero-order valence-corrected chi connectivity index (χ0v) is 10.7. The summed E-state index contributed by atoms with van der Waals surface area (Å²) in [4.78, 5) is 4.68. The maximum absolute atomic E-state index is 4.68. The lowest BCUT2D eigenvalue weighted by Gasteiger charge is -2.05. The second kappa shape index (κ2) is 4.30. The van der Waals surface area contributed by atoms with Gasteiger partial charge in [-0.05, 0) is 18.2 Å². The van der Waals surface area contributed by atoms with Gasteiger partial charge in [0.25, 0.3) is 0 Å². The first kappa shape index (κ1) is 10.5. The molecule has 0 saturated heterocycles. The summed E-state index contributed by atoms with van der Waals surface area (Å²) in [5.74, 6) is 0. The Labute approximate surface area is 108 Å². The van der Waals surface area contributed by atoms with Gasteiger partial charge in [0, 0.05) is 15.4 Å². The molecule has 0 aliphatic heterocycles. The Bertz CT molecular complexity index is 676. The highest BCUT2D eigenvalue weighted by Crippen LogP contribution is 2.27. The van der Waals surface area contributed by atoms with E-state index in [-0.39, 0.29) is 0 Å². The number of aromatic nitrogens is 1. The second-order valence-corrected chi connectivity index (χ2v) is 4.72. The molecule has 0 saturated carbocycles. The Morgan fingerprint density at radius 1 is 0.765 bits per heavy atom. The Balaban J connectivity index is 2.22. The molecule has 3 rings (SSSR count). The van der Waals surface area contributed by atoms with Crippen molar-refractivity contribution in [3.05, 3.63) is 65.1 Å². The van der Waals surface area contributed by atoms with E-state index >= 15 is 0 Å². The number of fused-ring (bicyclic) bond motifs is 1. The second-order valence-electron chi connectivity index (χ2n) is 3.87. The fraction of sp³-hybridized carbons (Fsp3) is 0. The molecule has 1 aromatic heterocycles. The minimum Gasteiger partial charge on any atom is -0.248 e. The molecule has 0 bridgehead atoms. The summed E-state index contributed by atoms with van der Waals surface area (Å²) < 4.78 is 1.07. The van der Waals surface area contributed by atoms with E-state index in [9.17, 15) is 0 Å². The van der Waals surface area contributed by atoms with Crippen LogP contribution in [0.5, 0.6) is 0 Å². The molecule has 0 spiro atoms. The van der Waals surface area contributed by atoms with Crippen LogP contribution in [0.15, 0.2) is 65.1 Å². The Morgan fingerprint density at radius 3 is 2.41 bits per heavy atom. The van der Waals surface area contributed by atoms with E-state index in [0.29, 0.717) is 0 Å². The molecule has 0 fully saturated rings. The van der Waals surface area contributed by atoms with Crippen molar-refractivity contribution in [2.45, 2.75) is 0 Å². The van der Waals surface area contributed by atoms with E-state index in [1.54, 1.807) is 0 Å². The average molecular weight is 284 g/mol. The SMILES string of the molecule is Brc1ccccc1-c1ccc2ccccc2n1. The largest absolute Gasteiger partial charge is 0.248 e. The lowest BCUT2D eigenvalue weighted by Crippen LogP contribution is -1.85. The molecule has 0 unspecified atom stereocenters. The first-order valence-electron chi connectivity index (χ1n) is 5.45. The zero-order chi connectivity index (χ0) is 11.7. The fourth-order valence-corrected chi connectivity index (χ4v) is 2.37. The molecule has 0 radical (unpaired) electrons. The van der Waals surface area contributed by atoms with Crippen molar-refractivity contribution in [2.24, 2.45) is 0 Å². The van der Waals surface area contributed by atoms with Gasteiger partial charge in [0.2, 0.25) is 0 Å². The van der Waals surface area contributed by atoms with Crippen LogP contribution in [0.25, 0.3) is 22.2 Å². The molecule has 3 aromatic rings. The minimum absolute atomic E-state index is 0.996. The van der Waals surface area contributed by atoms with Gasteiger partial charge in [-0.2, -0.15) is 0 Å². The van der Waals surface area contributed by atoms with Crippen LogP contribution in [0.2, 0.25) is 0 Å². The Morgan fingerprint density at radius 2 is 1.53 bits per heavy atom. The van der Waals surface area contributed by atoms with Crippen molar-refractivity contribution >= 4 is 26.8 Å². The Hall–Kier alpha value is -1.67. The van der Waals surface area contributed by atoms with Gasteiger partial charge in [-0.25, -0.2) is 4.98 Å². The molecule has 0 atom stereocenters. The summed E-state index contributed by atoms with van der Waals surface area (Å²) in [6.07, 6.45) is 0. The predicted molar refractivity (Wildman–Crippen MR) is 74.9 cm³/mol. The van der Waals surface area contributed by atoms with Crippen molar-refractivity contribution < 1.29 is 0 Å². The number of halogens is 1. The molecular weight excluding hydrogens is 274 g/mol. The van der Waals surface area contributed by atoms with Gasteiger partial charge in [0.05, 0.1) is 11.2 Å². The summed E-state index contributed by atoms with van der Waals surface area (Å²) in [5.41, 5.74) is 3.15. The topological polar surface area (TPSA) is 12.9 Å². The third kappa shape index (κ3) is 1.96. The number of benzene rings is 2. The van der Waals surface area contributed by atoms with Crippen LogP contribution in [0, 0.1) is 0 Å². The first-order chi connectivity index (χ1) is 8.34. The van der Waals surface area contributed by atoms with Gasteiger partial charge in [-0.3, -0.25) is 0 Å². The molecular formula is C15H10BrN. The smallest absolute Gasteiger partial charge is 0.0721 e. The predicted octanol–water partition coefficient (Wildman–Crippen LogP) is 4.66. The molecule has 2 aromatic carbocycles. The van der Waals surface area contributed by atoms with Crippen LogP contribution >= 0.6 is 15.9 Å². The average Bonchev–Trinajstić information content (AvgIpc) is 2.39. The van der Waals surface area contributed by atoms with Crippen molar-refractivity contribution in [3.63, 3.8) is 0 Å². The zero-order valence-electron chi connectivity index (χ0n) is 9.10. The highest BCUT2D eigenvalue weighted by atomic mass is 79.9. The highest BCUT2D eigenvalue weighted by molar-refractivity contribution is 9.10. The van der Waals surface area contributed by atoms with Crippen molar-refractivity contribution in [2.75, 3.05) is 0 Å². The van der Waals surface area contributed by atoms with E-state index in [4.69, 9.17) is 0 Å². The van der Waals surface area contributed by atoms with E-state index in [1.807, 2.05) is 36.4 Å². The summed E-state index contributed by atoms with van der Waals surface area (Å²) in [7, 11) is 0. The van der Waals surface area contributed by atoms with Crippen LogP contribution < -0.4 is 0 Å². The van der Waals surface area contributed by atoms with E-state index in [2.05, 4.69) is 45.2 Å². The van der Waals surface area contributed by atoms with Gasteiger partial charge in [0.15, 0.2) is 0 Å². The number of hydrogen-bond acceptors (Lipinski definition) is 1. The maximum atomic E-state index is 4.68. The van der Waals surface area contributed by atoms with Crippen molar-refractivity contribution in [3.8, 4) is 11.3 Å². The summed E-state index contributed by atoms with van der Waals surface area (Å²) in [6, 6.07) is 20.5. The van der Waals surface area contributed by atoms with E-state index in [0.717, 1.165) is 21.2 Å². The molecule has 0 N–H and O–H groups in total. The molecule has 2 heteroatoms. The molecule has 1 heterocycles. The van der Waals surface area contributed by atoms with Gasteiger partial charge in [-0.1, -0.05) is 58.4 Å². The summed E-state index contributed by atoms with van der Waals surface area (Å²) in [5, 5.41) is 1.17. The molecule has 0 aliphatic rings. The van der Waals surface area contributed by atoms with E-state index < -0.39 is 0 Å². The van der Waals surface area contributed by atoms with Crippen LogP contribution in [0.1, 0.15) is 0 Å². The third-order valence-electron chi connectivity index (χ3n) is 2.75. The molecule has 0 amide bonds. The monoisotopic (exact) mass is 283 g/mol. The highest BCUT2D eigenvalue weighted by Gasteiger charge is 2.04. The molecule has 0 aliphatic carbocycles. The number of para-hydroxylation sites is 1. The summed E-state index contributed by atoms with van der Waals surface area (Å²) >= 11 is 3.56. The van der Waals surface area contributed by atoms with Crippen LogP contribution in [-0.4, -0.2) is 4.98 Å². The number of rotatable bonds is 1. The first-order valence-corrected chi connectivity index (χ1v) is 6.24. The van der Waals surface area contributed by atoms with Crippen LogP contribution in [0.3, 0.4) is 0 Å². The standard InChI is InChI=1S/C15H10BrN/c16-13-7-3-2-6-12(13)15-10-9-11-5-1-4-8-14(11)17-15/h1-10H. The normalized spacial score (nSPS) is 10.6. The molecule has 1 nitrogen and oxygen atoms in total. The lowest BCUT2D eigenvalue weighted by atomic mass is 10.1. The quantitative estimate of drug-likeness (QED) is 0.633. The fourth-order valence-electron chi connectivity index (χ4n) is 1.88. The molecule has 82 valence electrons. The minimum atomic E-state index is 0.996. The number of hydrogen-bond donors (Lipinski definition) is 0. The lowest BCUT2D eigenvalue weighted by molar-refractivity contribution is 1.39. The van der Waals surface area contributed by atoms with Gasteiger partial charge in [0.1, 0.15) is 0 Å².